The van der Waals surface area contributed by atoms with Gasteiger partial charge in [0.25, 0.3) is 5.56 Å². The summed E-state index contributed by atoms with van der Waals surface area (Å²) in [5.41, 5.74) is 3.24. The van der Waals surface area contributed by atoms with Gasteiger partial charge in [0.1, 0.15) is 16.9 Å². The van der Waals surface area contributed by atoms with Crippen LogP contribution in [-0.4, -0.2) is 65.0 Å². The summed E-state index contributed by atoms with van der Waals surface area (Å²) in [5.74, 6) is 1.51. The lowest BCUT2D eigenvalue weighted by Gasteiger charge is -2.09. The number of imidazole rings is 1. The molecular formula is C22H24N8O3. The molecule has 0 saturated carbocycles. The molecule has 0 aliphatic rings. The number of pyridine rings is 1. The van der Waals surface area contributed by atoms with Crippen LogP contribution in [0.2, 0.25) is 0 Å². The molecule has 3 heterocycles. The molecule has 4 aromatic rings. The third-order valence-electron chi connectivity index (χ3n) is 4.94. The number of methoxy groups -OCH3 is 2. The highest BCUT2D eigenvalue weighted by Crippen LogP contribution is 2.34. The van der Waals surface area contributed by atoms with Gasteiger partial charge in [-0.3, -0.25) is 19.5 Å². The number of allylic oxidation sites excluding steroid dienone is 1. The van der Waals surface area contributed by atoms with Crippen LogP contribution in [0.3, 0.4) is 0 Å². The number of aromatic amines is 2. The Morgan fingerprint density at radius 2 is 2.00 bits per heavy atom. The predicted octanol–water partition coefficient (Wildman–Crippen LogP) is 2.52. The summed E-state index contributed by atoms with van der Waals surface area (Å²) < 4.78 is 12.4. The number of benzene rings is 1. The lowest BCUT2D eigenvalue weighted by Crippen LogP contribution is -2.15. The van der Waals surface area contributed by atoms with Crippen LogP contribution in [0.4, 0.5) is 5.69 Å². The highest BCUT2D eigenvalue weighted by molar-refractivity contribution is 5.96. The number of aryl methyl sites for hydroxylation is 1. The Morgan fingerprint density at radius 3 is 2.76 bits per heavy atom. The highest BCUT2D eigenvalue weighted by Gasteiger charge is 2.20. The highest BCUT2D eigenvalue weighted by atomic mass is 16.5. The van der Waals surface area contributed by atoms with E-state index >= 15 is 0 Å². The number of aliphatic imine (C=N–C) groups is 2. The van der Waals surface area contributed by atoms with Crippen molar-refractivity contribution in [1.82, 2.24) is 24.7 Å². The molecule has 0 amide bonds. The quantitative estimate of drug-likeness (QED) is 0.266. The third kappa shape index (κ3) is 4.33. The number of hydrogen-bond donors (Lipinski definition) is 3. The summed E-state index contributed by atoms with van der Waals surface area (Å²) in [6.45, 7) is 4.34. The van der Waals surface area contributed by atoms with Gasteiger partial charge < -0.3 is 24.8 Å². The molecule has 0 atom stereocenters. The van der Waals surface area contributed by atoms with Crippen molar-refractivity contribution in [2.75, 3.05) is 32.6 Å². The fraction of sp³-hybridized carbons (Fsp3) is 0.227. The Bertz CT molecular complexity index is 1390. The minimum Gasteiger partial charge on any atom is -0.493 e. The maximum Gasteiger partial charge on any atom is 0.261 e. The number of nitrogens with zero attached hydrogens (tertiary/aromatic N) is 5. The monoisotopic (exact) mass is 448 g/mol. The van der Waals surface area contributed by atoms with E-state index in [4.69, 9.17) is 9.47 Å². The first-order chi connectivity index (χ1) is 16.0. The van der Waals surface area contributed by atoms with Gasteiger partial charge in [0, 0.05) is 44.3 Å². The maximum atomic E-state index is 13.1. The molecule has 3 N–H and O–H groups in total. The number of H-pyrrole nitrogens is 2. The van der Waals surface area contributed by atoms with E-state index in [1.807, 2.05) is 0 Å². The molecule has 3 aromatic heterocycles. The van der Waals surface area contributed by atoms with Gasteiger partial charge in [-0.2, -0.15) is 5.10 Å². The van der Waals surface area contributed by atoms with Crippen LogP contribution in [0, 0.1) is 0 Å². The molecule has 1 aromatic carbocycles. The summed E-state index contributed by atoms with van der Waals surface area (Å²) >= 11 is 0. The zero-order chi connectivity index (χ0) is 23.4. The van der Waals surface area contributed by atoms with Crippen molar-refractivity contribution in [3.63, 3.8) is 0 Å². The number of fused-ring (bicyclic) bond motifs is 2. The maximum absolute atomic E-state index is 13.1. The number of anilines is 1. The van der Waals surface area contributed by atoms with E-state index in [0.29, 0.717) is 63.7 Å². The number of hydrogen-bond acceptors (Lipinski definition) is 8. The number of aromatic nitrogens is 5. The van der Waals surface area contributed by atoms with E-state index < -0.39 is 0 Å². The molecule has 170 valence electrons. The normalized spacial score (nSPS) is 11.7. The fourth-order valence-corrected chi connectivity index (χ4v) is 3.51. The molecule has 0 radical (unpaired) electrons. The smallest absolute Gasteiger partial charge is 0.261 e. The zero-order valence-corrected chi connectivity index (χ0v) is 18.5. The van der Waals surface area contributed by atoms with Crippen molar-refractivity contribution in [2.24, 2.45) is 17.0 Å². The van der Waals surface area contributed by atoms with Gasteiger partial charge in [0.2, 0.25) is 0 Å². The Morgan fingerprint density at radius 1 is 1.21 bits per heavy atom. The first-order valence-electron chi connectivity index (χ1n) is 10.1. The molecule has 0 bridgehead atoms. The van der Waals surface area contributed by atoms with Crippen LogP contribution in [0.1, 0.15) is 0 Å². The minimum atomic E-state index is -0.292. The van der Waals surface area contributed by atoms with Crippen molar-refractivity contribution in [3.8, 4) is 22.9 Å². The van der Waals surface area contributed by atoms with E-state index in [1.165, 1.54) is 0 Å². The molecule has 0 aliphatic heterocycles. The molecular weight excluding hydrogens is 424 g/mol. The largest absolute Gasteiger partial charge is 0.493 e. The van der Waals surface area contributed by atoms with Crippen LogP contribution in [0.5, 0.6) is 11.5 Å². The second-order valence-electron chi connectivity index (χ2n) is 7.09. The molecule has 4 rings (SSSR count). The SMILES string of the molecule is C=N/C=C\C=NCCNc1c(-c2nc3cc(OC)c(OC)cc3[nH]2)c(=O)[nH]c2cn(C)nc12. The first kappa shape index (κ1) is 21.8. The van der Waals surface area contributed by atoms with Crippen LogP contribution < -0.4 is 20.3 Å². The van der Waals surface area contributed by atoms with Crippen molar-refractivity contribution >= 4 is 40.7 Å². The molecule has 0 saturated heterocycles. The molecule has 0 spiro atoms. The fourth-order valence-electron chi connectivity index (χ4n) is 3.51. The van der Waals surface area contributed by atoms with Crippen LogP contribution in [-0.2, 0) is 7.05 Å². The molecule has 11 nitrogen and oxygen atoms in total. The summed E-state index contributed by atoms with van der Waals surface area (Å²) in [6, 6.07) is 3.54. The number of nitrogens with one attached hydrogen (secondary N) is 3. The topological polar surface area (TPSA) is 135 Å². The van der Waals surface area contributed by atoms with Crippen molar-refractivity contribution in [2.45, 2.75) is 0 Å². The lowest BCUT2D eigenvalue weighted by atomic mass is 10.2. The third-order valence-corrected chi connectivity index (χ3v) is 4.94. The Hall–Kier alpha value is -4.41. The Kier molecular flexibility index (Phi) is 6.20. The Balaban J connectivity index is 1.78. The van der Waals surface area contributed by atoms with Gasteiger partial charge in [-0.25, -0.2) is 4.98 Å². The van der Waals surface area contributed by atoms with Gasteiger partial charge in [-0.05, 0) is 12.8 Å². The van der Waals surface area contributed by atoms with E-state index in [2.05, 4.69) is 42.1 Å². The number of ether oxygens (including phenoxy) is 2. The van der Waals surface area contributed by atoms with Crippen LogP contribution in [0.25, 0.3) is 33.5 Å². The van der Waals surface area contributed by atoms with Gasteiger partial charge in [0.15, 0.2) is 11.5 Å². The van der Waals surface area contributed by atoms with E-state index in [9.17, 15) is 4.79 Å². The second kappa shape index (κ2) is 9.39. The van der Waals surface area contributed by atoms with E-state index in [1.54, 1.807) is 62.8 Å². The summed E-state index contributed by atoms with van der Waals surface area (Å²) in [6.07, 6.45) is 6.64. The van der Waals surface area contributed by atoms with Gasteiger partial charge in [-0.15, -0.1) is 0 Å². The number of rotatable bonds is 9. The first-order valence-corrected chi connectivity index (χ1v) is 10.1. The second-order valence-corrected chi connectivity index (χ2v) is 7.09. The standard InChI is InChI=1S/C22H24N8O3/c1-23-6-5-7-24-8-9-25-20-18(22(31)28-15-12-30(2)29-19(15)20)21-26-13-10-16(32-3)17(33-4)11-14(13)27-21/h5-7,10-12,25H,1,8-9H2,2-4H3,(H,26,27)(H,28,31)/b6-5-,24-7?. The predicted molar refractivity (Wildman–Crippen MR) is 130 cm³/mol. The summed E-state index contributed by atoms with van der Waals surface area (Å²) in [5, 5.41) is 7.83. The minimum absolute atomic E-state index is 0.292. The Labute approximate surface area is 188 Å². The van der Waals surface area contributed by atoms with Crippen LogP contribution in [0.15, 0.2) is 45.4 Å². The van der Waals surface area contributed by atoms with Gasteiger partial charge in [0.05, 0.1) is 43.0 Å². The van der Waals surface area contributed by atoms with Crippen molar-refractivity contribution in [1.29, 1.82) is 0 Å². The van der Waals surface area contributed by atoms with Crippen molar-refractivity contribution in [3.05, 3.63) is 41.0 Å². The summed E-state index contributed by atoms with van der Waals surface area (Å²) in [7, 11) is 4.92. The molecule has 0 unspecified atom stereocenters. The zero-order valence-electron chi connectivity index (χ0n) is 18.5. The average Bonchev–Trinajstić information content (AvgIpc) is 3.38. The molecule has 11 heteroatoms. The van der Waals surface area contributed by atoms with Crippen molar-refractivity contribution < 1.29 is 9.47 Å². The van der Waals surface area contributed by atoms with Gasteiger partial charge in [-0.1, -0.05) is 0 Å². The van der Waals surface area contributed by atoms with Gasteiger partial charge >= 0.3 is 0 Å². The molecule has 0 fully saturated rings. The molecule has 0 aliphatic carbocycles. The van der Waals surface area contributed by atoms with Crippen LogP contribution >= 0.6 is 0 Å². The van der Waals surface area contributed by atoms with E-state index in [0.717, 1.165) is 0 Å². The average molecular weight is 448 g/mol. The van der Waals surface area contributed by atoms with E-state index in [-0.39, 0.29) is 5.56 Å². The lowest BCUT2D eigenvalue weighted by molar-refractivity contribution is 0.356. The molecule has 33 heavy (non-hydrogen) atoms. The summed E-state index contributed by atoms with van der Waals surface area (Å²) in [4.78, 5) is 31.7.